The Morgan fingerprint density at radius 3 is 2.42 bits per heavy atom. The number of aromatic nitrogens is 1. The van der Waals surface area contributed by atoms with Gasteiger partial charge in [0.2, 0.25) is 5.91 Å². The minimum absolute atomic E-state index is 0.0338. The molecule has 7 heteroatoms. The number of nitrogens with one attached hydrogen (secondary N) is 1. The molecule has 1 N–H and O–H groups in total. The van der Waals surface area contributed by atoms with Gasteiger partial charge in [0.1, 0.15) is 17.4 Å². The number of carbonyl (C=O) groups excluding carboxylic acids is 2. The lowest BCUT2D eigenvalue weighted by Crippen LogP contribution is -2.56. The number of nitrogens with zero attached hydrogens (tertiary/aromatic N) is 2. The molecule has 1 aliphatic heterocycles. The second kappa shape index (κ2) is 7.03. The van der Waals surface area contributed by atoms with E-state index in [2.05, 4.69) is 4.98 Å². The van der Waals surface area contributed by atoms with E-state index in [0.717, 1.165) is 11.3 Å². The summed E-state index contributed by atoms with van der Waals surface area (Å²) < 4.78 is 5.12. The SMILES string of the molecule is COc1ccc(-c2ccc(C(=O)N3CCN(C)C(=O)C3C)c(=O)[nH]2)cc1. The third-order valence-corrected chi connectivity index (χ3v) is 4.68. The zero-order valence-corrected chi connectivity index (χ0v) is 15.0. The molecule has 26 heavy (non-hydrogen) atoms. The standard InChI is InChI=1S/C19H21N3O4/c1-12-18(24)21(2)10-11-22(12)19(25)15-8-9-16(20-17(15)23)13-4-6-14(26-3)7-5-13/h4-9,12H,10-11H2,1-3H3,(H,20,23). The van der Waals surface area contributed by atoms with Crippen LogP contribution in [0.25, 0.3) is 11.3 Å². The summed E-state index contributed by atoms with van der Waals surface area (Å²) in [7, 11) is 3.29. The van der Waals surface area contributed by atoms with Gasteiger partial charge in [0, 0.05) is 25.8 Å². The number of rotatable bonds is 3. The van der Waals surface area contributed by atoms with E-state index in [1.165, 1.54) is 11.0 Å². The lowest BCUT2D eigenvalue weighted by molar-refractivity contribution is -0.137. The van der Waals surface area contributed by atoms with Crippen LogP contribution in [0.2, 0.25) is 0 Å². The van der Waals surface area contributed by atoms with Crippen LogP contribution in [0.3, 0.4) is 0 Å². The van der Waals surface area contributed by atoms with Gasteiger partial charge in [-0.2, -0.15) is 0 Å². The number of likely N-dealkylation sites (N-methyl/N-ethyl adjacent to an activating group) is 1. The molecular formula is C19H21N3O4. The van der Waals surface area contributed by atoms with Gasteiger partial charge in [0.25, 0.3) is 11.5 Å². The fourth-order valence-corrected chi connectivity index (χ4v) is 3.03. The van der Waals surface area contributed by atoms with Crippen molar-refractivity contribution in [3.63, 3.8) is 0 Å². The highest BCUT2D eigenvalue weighted by molar-refractivity contribution is 5.98. The number of hydrogen-bond acceptors (Lipinski definition) is 4. The van der Waals surface area contributed by atoms with Gasteiger partial charge in [-0.15, -0.1) is 0 Å². The third kappa shape index (κ3) is 3.20. The highest BCUT2D eigenvalue weighted by Crippen LogP contribution is 2.20. The summed E-state index contributed by atoms with van der Waals surface area (Å²) in [6.45, 7) is 2.54. The zero-order valence-electron chi connectivity index (χ0n) is 15.0. The maximum absolute atomic E-state index is 12.7. The number of ether oxygens (including phenoxy) is 1. The Bertz CT molecular complexity index is 888. The van der Waals surface area contributed by atoms with Gasteiger partial charge in [-0.1, -0.05) is 0 Å². The van der Waals surface area contributed by atoms with E-state index in [1.54, 1.807) is 44.2 Å². The smallest absolute Gasteiger partial charge is 0.261 e. The molecular weight excluding hydrogens is 334 g/mol. The van der Waals surface area contributed by atoms with Crippen molar-refractivity contribution in [3.8, 4) is 17.0 Å². The van der Waals surface area contributed by atoms with Crippen LogP contribution in [0.15, 0.2) is 41.2 Å². The third-order valence-electron chi connectivity index (χ3n) is 4.68. The first-order valence-corrected chi connectivity index (χ1v) is 8.36. The number of methoxy groups -OCH3 is 1. The quantitative estimate of drug-likeness (QED) is 0.901. The predicted molar refractivity (Wildman–Crippen MR) is 97.2 cm³/mol. The van der Waals surface area contributed by atoms with Gasteiger partial charge < -0.3 is 19.5 Å². The molecule has 0 saturated carbocycles. The first-order chi connectivity index (χ1) is 12.4. The predicted octanol–water partition coefficient (Wildman–Crippen LogP) is 1.35. The van der Waals surface area contributed by atoms with Crippen molar-refractivity contribution in [3.05, 3.63) is 52.3 Å². The maximum Gasteiger partial charge on any atom is 0.261 e. The van der Waals surface area contributed by atoms with Gasteiger partial charge in [-0.3, -0.25) is 14.4 Å². The average molecular weight is 355 g/mol. The molecule has 1 aromatic carbocycles. The largest absolute Gasteiger partial charge is 0.497 e. The molecule has 0 spiro atoms. The molecule has 1 saturated heterocycles. The van der Waals surface area contributed by atoms with Crippen LogP contribution in [0.4, 0.5) is 0 Å². The van der Waals surface area contributed by atoms with Crippen molar-refractivity contribution >= 4 is 11.8 Å². The van der Waals surface area contributed by atoms with Crippen LogP contribution in [0, 0.1) is 0 Å². The molecule has 2 amide bonds. The highest BCUT2D eigenvalue weighted by Gasteiger charge is 2.33. The molecule has 0 aliphatic carbocycles. The Balaban J connectivity index is 1.86. The lowest BCUT2D eigenvalue weighted by Gasteiger charge is -2.37. The van der Waals surface area contributed by atoms with Crippen molar-refractivity contribution in [2.75, 3.05) is 27.2 Å². The van der Waals surface area contributed by atoms with Crippen molar-refractivity contribution < 1.29 is 14.3 Å². The van der Waals surface area contributed by atoms with Crippen LogP contribution in [0.1, 0.15) is 17.3 Å². The van der Waals surface area contributed by atoms with E-state index in [0.29, 0.717) is 18.8 Å². The van der Waals surface area contributed by atoms with E-state index in [4.69, 9.17) is 4.74 Å². The molecule has 1 aliphatic rings. The summed E-state index contributed by atoms with van der Waals surface area (Å²) in [4.78, 5) is 43.0. The summed E-state index contributed by atoms with van der Waals surface area (Å²) in [5.74, 6) is 0.161. The lowest BCUT2D eigenvalue weighted by atomic mass is 10.1. The Morgan fingerprint density at radius 1 is 1.12 bits per heavy atom. The molecule has 2 aromatic rings. The molecule has 1 unspecified atom stereocenters. The van der Waals surface area contributed by atoms with Gasteiger partial charge >= 0.3 is 0 Å². The van der Waals surface area contributed by atoms with E-state index >= 15 is 0 Å². The van der Waals surface area contributed by atoms with E-state index < -0.39 is 17.5 Å². The Kier molecular flexibility index (Phi) is 4.79. The number of piperazine rings is 1. The fourth-order valence-electron chi connectivity index (χ4n) is 3.03. The second-order valence-corrected chi connectivity index (χ2v) is 6.28. The molecule has 2 heterocycles. The van der Waals surface area contributed by atoms with E-state index in [1.807, 2.05) is 12.1 Å². The van der Waals surface area contributed by atoms with Gasteiger partial charge in [-0.25, -0.2) is 0 Å². The minimum Gasteiger partial charge on any atom is -0.497 e. The van der Waals surface area contributed by atoms with E-state index in [-0.39, 0.29) is 11.5 Å². The Hall–Kier alpha value is -3.09. The number of carbonyl (C=O) groups is 2. The summed E-state index contributed by atoms with van der Waals surface area (Å²) in [5, 5.41) is 0. The first-order valence-electron chi connectivity index (χ1n) is 8.36. The number of amides is 2. The summed E-state index contributed by atoms with van der Waals surface area (Å²) in [6, 6.07) is 9.87. The molecule has 1 atom stereocenters. The maximum atomic E-state index is 12.7. The van der Waals surface area contributed by atoms with Crippen LogP contribution in [-0.4, -0.2) is 59.9 Å². The number of aromatic amines is 1. The molecule has 3 rings (SSSR count). The van der Waals surface area contributed by atoms with Crippen LogP contribution >= 0.6 is 0 Å². The molecule has 7 nitrogen and oxygen atoms in total. The normalized spacial score (nSPS) is 17.3. The van der Waals surface area contributed by atoms with Crippen LogP contribution in [0.5, 0.6) is 5.75 Å². The van der Waals surface area contributed by atoms with Crippen LogP contribution < -0.4 is 10.3 Å². The molecule has 1 aromatic heterocycles. The van der Waals surface area contributed by atoms with Crippen molar-refractivity contribution in [2.24, 2.45) is 0 Å². The average Bonchev–Trinajstić information content (AvgIpc) is 2.66. The summed E-state index contributed by atoms with van der Waals surface area (Å²) in [5.41, 5.74) is 0.982. The topological polar surface area (TPSA) is 82.7 Å². The van der Waals surface area contributed by atoms with Gasteiger partial charge in [-0.05, 0) is 48.9 Å². The fraction of sp³-hybridized carbons (Fsp3) is 0.316. The van der Waals surface area contributed by atoms with E-state index in [9.17, 15) is 14.4 Å². The highest BCUT2D eigenvalue weighted by atomic mass is 16.5. The Labute approximate surface area is 151 Å². The summed E-state index contributed by atoms with van der Waals surface area (Å²) >= 11 is 0. The summed E-state index contributed by atoms with van der Waals surface area (Å²) in [6.07, 6.45) is 0. The van der Waals surface area contributed by atoms with Crippen LogP contribution in [-0.2, 0) is 4.79 Å². The first kappa shape index (κ1) is 17.7. The molecule has 0 radical (unpaired) electrons. The molecule has 136 valence electrons. The van der Waals surface area contributed by atoms with Gasteiger partial charge in [0.05, 0.1) is 7.11 Å². The molecule has 1 fully saturated rings. The monoisotopic (exact) mass is 355 g/mol. The number of hydrogen-bond donors (Lipinski definition) is 1. The number of H-pyrrole nitrogens is 1. The van der Waals surface area contributed by atoms with Gasteiger partial charge in [0.15, 0.2) is 0 Å². The number of pyridine rings is 1. The number of benzene rings is 1. The van der Waals surface area contributed by atoms with Crippen molar-refractivity contribution in [1.29, 1.82) is 0 Å². The van der Waals surface area contributed by atoms with Crippen molar-refractivity contribution in [2.45, 2.75) is 13.0 Å². The second-order valence-electron chi connectivity index (χ2n) is 6.28. The zero-order chi connectivity index (χ0) is 18.8. The Morgan fingerprint density at radius 2 is 1.81 bits per heavy atom. The minimum atomic E-state index is -0.582. The molecule has 0 bridgehead atoms. The van der Waals surface area contributed by atoms with Crippen molar-refractivity contribution in [1.82, 2.24) is 14.8 Å².